The molecule has 1 rings (SSSR count). The normalized spacial score (nSPS) is 19.0. The van der Waals surface area contributed by atoms with Gasteiger partial charge in [0.25, 0.3) is 0 Å². The molecule has 0 aromatic rings. The Morgan fingerprint density at radius 2 is 1.95 bits per heavy atom. The highest BCUT2D eigenvalue weighted by molar-refractivity contribution is 7.89. The van der Waals surface area contributed by atoms with Crippen molar-refractivity contribution in [2.45, 2.75) is 6.92 Å². The van der Waals surface area contributed by atoms with Gasteiger partial charge in [-0.15, -0.1) is 0 Å². The van der Waals surface area contributed by atoms with Crippen molar-refractivity contribution < 1.29 is 13.2 Å². The molecule has 1 aliphatic heterocycles. The second kappa shape index (κ2) is 7.92. The van der Waals surface area contributed by atoms with Crippen LogP contribution in [0.5, 0.6) is 0 Å². The molecule has 1 saturated heterocycles. The zero-order valence-electron chi connectivity index (χ0n) is 12.6. The topological polar surface area (TPSA) is 81.8 Å². The number of rotatable bonds is 7. The van der Waals surface area contributed by atoms with E-state index in [-0.39, 0.29) is 11.7 Å². The molecule has 1 aliphatic rings. The van der Waals surface area contributed by atoms with Gasteiger partial charge in [-0.05, 0) is 14.1 Å². The molecule has 0 saturated carbocycles. The summed E-state index contributed by atoms with van der Waals surface area (Å²) in [6.45, 7) is 5.23. The van der Waals surface area contributed by atoms with Crippen LogP contribution in [0.2, 0.25) is 0 Å². The number of nitrogens with one attached hydrogen (secondary N) is 2. The Morgan fingerprint density at radius 3 is 2.50 bits per heavy atom. The van der Waals surface area contributed by atoms with Gasteiger partial charge < -0.3 is 15.5 Å². The van der Waals surface area contributed by atoms with Crippen molar-refractivity contribution in [2.75, 3.05) is 59.1 Å². The average molecular weight is 306 g/mol. The largest absolute Gasteiger partial charge is 0.355 e. The lowest BCUT2D eigenvalue weighted by Crippen LogP contribution is -2.48. The van der Waals surface area contributed by atoms with E-state index in [1.54, 1.807) is 6.92 Å². The quantitative estimate of drug-likeness (QED) is 0.600. The Kier molecular flexibility index (Phi) is 6.87. The molecule has 1 fully saturated rings. The summed E-state index contributed by atoms with van der Waals surface area (Å²) in [6, 6.07) is 0. The number of amides is 1. The van der Waals surface area contributed by atoms with E-state index in [1.165, 1.54) is 4.31 Å². The van der Waals surface area contributed by atoms with Crippen LogP contribution in [-0.4, -0.2) is 82.6 Å². The molecule has 0 bridgehead atoms. The molecular weight excluding hydrogens is 280 g/mol. The first kappa shape index (κ1) is 17.4. The summed E-state index contributed by atoms with van der Waals surface area (Å²) in [5, 5.41) is 5.87. The Hall–Kier alpha value is -0.700. The molecule has 118 valence electrons. The van der Waals surface area contributed by atoms with Gasteiger partial charge in [-0.1, -0.05) is 6.92 Å². The standard InChI is InChI=1S/C12H26N4O3S/c1-11(12(17)14-6-7-15(2)3)10-20(18,19)16-8-4-13-5-9-16/h11,13H,4-10H2,1-3H3,(H,14,17). The van der Waals surface area contributed by atoms with Crippen molar-refractivity contribution >= 4 is 15.9 Å². The molecule has 8 heteroatoms. The molecule has 1 atom stereocenters. The number of piperazine rings is 1. The summed E-state index contributed by atoms with van der Waals surface area (Å²) in [5.41, 5.74) is 0. The third kappa shape index (κ3) is 5.74. The predicted molar refractivity (Wildman–Crippen MR) is 79.0 cm³/mol. The lowest BCUT2D eigenvalue weighted by atomic mass is 10.2. The van der Waals surface area contributed by atoms with Gasteiger partial charge in [0.1, 0.15) is 0 Å². The molecule has 0 spiro atoms. The average Bonchev–Trinajstić information content (AvgIpc) is 2.38. The molecule has 7 nitrogen and oxygen atoms in total. The molecule has 1 amide bonds. The maximum atomic E-state index is 12.2. The van der Waals surface area contributed by atoms with E-state index in [0.717, 1.165) is 6.54 Å². The lowest BCUT2D eigenvalue weighted by molar-refractivity contribution is -0.123. The summed E-state index contributed by atoms with van der Waals surface area (Å²) in [6.07, 6.45) is 0. The third-order valence-corrected chi connectivity index (χ3v) is 5.31. The van der Waals surface area contributed by atoms with Crippen molar-refractivity contribution in [3.05, 3.63) is 0 Å². The van der Waals surface area contributed by atoms with Gasteiger partial charge in [-0.25, -0.2) is 8.42 Å². The maximum absolute atomic E-state index is 12.2. The minimum Gasteiger partial charge on any atom is -0.355 e. The summed E-state index contributed by atoms with van der Waals surface area (Å²) in [4.78, 5) is 13.8. The van der Waals surface area contributed by atoms with E-state index >= 15 is 0 Å². The van der Waals surface area contributed by atoms with Crippen LogP contribution in [0.25, 0.3) is 0 Å². The Bertz CT molecular complexity index is 405. The van der Waals surface area contributed by atoms with Crippen molar-refractivity contribution in [3.8, 4) is 0 Å². The Labute approximate surface area is 121 Å². The van der Waals surface area contributed by atoms with Crippen LogP contribution >= 0.6 is 0 Å². The first-order valence-corrected chi connectivity index (χ1v) is 8.55. The van der Waals surface area contributed by atoms with Crippen LogP contribution < -0.4 is 10.6 Å². The van der Waals surface area contributed by atoms with Crippen LogP contribution in [0.1, 0.15) is 6.92 Å². The zero-order valence-corrected chi connectivity index (χ0v) is 13.4. The highest BCUT2D eigenvalue weighted by Gasteiger charge is 2.28. The number of carbonyl (C=O) groups is 1. The fourth-order valence-corrected chi connectivity index (χ4v) is 3.73. The van der Waals surface area contributed by atoms with Gasteiger partial charge in [-0.2, -0.15) is 4.31 Å². The first-order chi connectivity index (χ1) is 9.33. The van der Waals surface area contributed by atoms with Crippen LogP contribution in [0, 0.1) is 5.92 Å². The van der Waals surface area contributed by atoms with Crippen LogP contribution in [-0.2, 0) is 14.8 Å². The van der Waals surface area contributed by atoms with Gasteiger partial charge in [0.2, 0.25) is 15.9 Å². The van der Waals surface area contributed by atoms with Crippen molar-refractivity contribution in [1.29, 1.82) is 0 Å². The van der Waals surface area contributed by atoms with Gasteiger partial charge in [-0.3, -0.25) is 4.79 Å². The minimum absolute atomic E-state index is 0.124. The molecule has 20 heavy (non-hydrogen) atoms. The molecule has 0 aliphatic carbocycles. The van der Waals surface area contributed by atoms with Crippen molar-refractivity contribution in [2.24, 2.45) is 5.92 Å². The molecule has 1 unspecified atom stereocenters. The fourth-order valence-electron chi connectivity index (χ4n) is 2.00. The molecule has 0 aromatic heterocycles. The molecule has 2 N–H and O–H groups in total. The Morgan fingerprint density at radius 1 is 1.35 bits per heavy atom. The van der Waals surface area contributed by atoms with E-state index in [0.29, 0.717) is 32.7 Å². The number of likely N-dealkylation sites (N-methyl/N-ethyl adjacent to an activating group) is 1. The van der Waals surface area contributed by atoms with Gasteiger partial charge >= 0.3 is 0 Å². The number of hydrogen-bond acceptors (Lipinski definition) is 5. The fraction of sp³-hybridized carbons (Fsp3) is 0.917. The minimum atomic E-state index is -3.35. The summed E-state index contributed by atoms with van der Waals surface area (Å²) >= 11 is 0. The van der Waals surface area contributed by atoms with Crippen molar-refractivity contribution in [1.82, 2.24) is 19.8 Å². The highest BCUT2D eigenvalue weighted by Crippen LogP contribution is 2.08. The van der Waals surface area contributed by atoms with Crippen molar-refractivity contribution in [3.63, 3.8) is 0 Å². The second-order valence-corrected chi connectivity index (χ2v) is 7.44. The zero-order chi connectivity index (χ0) is 15.2. The van der Waals surface area contributed by atoms with E-state index < -0.39 is 15.9 Å². The lowest BCUT2D eigenvalue weighted by Gasteiger charge is -2.27. The number of hydrogen-bond donors (Lipinski definition) is 2. The van der Waals surface area contributed by atoms with Gasteiger partial charge in [0.05, 0.1) is 11.7 Å². The predicted octanol–water partition coefficient (Wildman–Crippen LogP) is -1.46. The monoisotopic (exact) mass is 306 g/mol. The number of carbonyl (C=O) groups excluding carboxylic acids is 1. The molecule has 0 radical (unpaired) electrons. The Balaban J connectivity index is 2.43. The first-order valence-electron chi connectivity index (χ1n) is 6.94. The van der Waals surface area contributed by atoms with E-state index in [9.17, 15) is 13.2 Å². The van der Waals surface area contributed by atoms with Gasteiger partial charge in [0.15, 0.2) is 0 Å². The van der Waals surface area contributed by atoms with Crippen LogP contribution in [0.3, 0.4) is 0 Å². The maximum Gasteiger partial charge on any atom is 0.223 e. The number of sulfonamides is 1. The van der Waals surface area contributed by atoms with Crippen LogP contribution in [0.15, 0.2) is 0 Å². The highest BCUT2D eigenvalue weighted by atomic mass is 32.2. The third-order valence-electron chi connectivity index (χ3n) is 3.24. The summed E-state index contributed by atoms with van der Waals surface area (Å²) in [5.74, 6) is -0.858. The van der Waals surface area contributed by atoms with E-state index in [1.807, 2.05) is 19.0 Å². The molecule has 0 aromatic carbocycles. The van der Waals surface area contributed by atoms with E-state index in [2.05, 4.69) is 10.6 Å². The molecule has 1 heterocycles. The van der Waals surface area contributed by atoms with Gasteiger partial charge in [0, 0.05) is 39.3 Å². The van der Waals surface area contributed by atoms with Crippen LogP contribution in [0.4, 0.5) is 0 Å². The number of nitrogens with zero attached hydrogens (tertiary/aromatic N) is 2. The SMILES string of the molecule is CC(CS(=O)(=O)N1CCNCC1)C(=O)NCCN(C)C. The summed E-state index contributed by atoms with van der Waals surface area (Å²) < 4.78 is 25.9. The molecular formula is C12H26N4O3S. The smallest absolute Gasteiger partial charge is 0.223 e. The summed E-state index contributed by atoms with van der Waals surface area (Å²) in [7, 11) is 0.495. The van der Waals surface area contributed by atoms with E-state index in [4.69, 9.17) is 0 Å². The second-order valence-electron chi connectivity index (χ2n) is 5.42.